The van der Waals surface area contributed by atoms with E-state index in [0.717, 1.165) is 37.5 Å². The van der Waals surface area contributed by atoms with E-state index in [0.29, 0.717) is 19.0 Å². The molecule has 3 heterocycles. The number of likely N-dealkylation sites (tertiary alicyclic amines) is 2. The molecular formula is C24H37N3O3S. The molecule has 31 heavy (non-hydrogen) atoms. The van der Waals surface area contributed by atoms with E-state index >= 15 is 0 Å². The second-order valence-corrected chi connectivity index (χ2v) is 12.1. The molecule has 0 N–H and O–H groups in total. The van der Waals surface area contributed by atoms with Crippen LogP contribution in [-0.2, 0) is 14.6 Å². The summed E-state index contributed by atoms with van der Waals surface area (Å²) in [5.41, 5.74) is 0.971. The van der Waals surface area contributed by atoms with Crippen molar-refractivity contribution in [2.24, 2.45) is 11.8 Å². The number of hydrogen-bond donors (Lipinski definition) is 0. The summed E-state index contributed by atoms with van der Waals surface area (Å²) in [7, 11) is -2.98. The van der Waals surface area contributed by atoms with Crippen LogP contribution in [0.3, 0.4) is 0 Å². The van der Waals surface area contributed by atoms with E-state index < -0.39 is 9.84 Å². The molecular weight excluding hydrogens is 410 g/mol. The average Bonchev–Trinajstić information content (AvgIpc) is 2.77. The Hall–Kier alpha value is -1.44. The minimum atomic E-state index is -2.98. The summed E-state index contributed by atoms with van der Waals surface area (Å²) in [6.07, 6.45) is 4.80. The Bertz CT molecular complexity index is 823. The van der Waals surface area contributed by atoms with Crippen molar-refractivity contribution in [1.29, 1.82) is 0 Å². The monoisotopic (exact) mass is 447 g/mol. The van der Waals surface area contributed by atoms with Crippen LogP contribution in [-0.4, -0.2) is 86.3 Å². The molecule has 3 aliphatic rings. The highest BCUT2D eigenvalue weighted by Crippen LogP contribution is 2.28. The molecule has 0 radical (unpaired) electrons. The predicted molar refractivity (Wildman–Crippen MR) is 124 cm³/mol. The highest BCUT2D eigenvalue weighted by atomic mass is 32.2. The van der Waals surface area contributed by atoms with E-state index in [4.69, 9.17) is 0 Å². The number of hydrogen-bond acceptors (Lipinski definition) is 5. The highest BCUT2D eigenvalue weighted by molar-refractivity contribution is 7.91. The van der Waals surface area contributed by atoms with Crippen molar-refractivity contribution in [3.8, 4) is 0 Å². The molecule has 3 saturated heterocycles. The minimum absolute atomic E-state index is 0.139. The van der Waals surface area contributed by atoms with Gasteiger partial charge in [0.1, 0.15) is 6.04 Å². The zero-order valence-corrected chi connectivity index (χ0v) is 19.6. The van der Waals surface area contributed by atoms with Gasteiger partial charge in [-0.3, -0.25) is 9.69 Å². The topological polar surface area (TPSA) is 60.9 Å². The van der Waals surface area contributed by atoms with E-state index in [-0.39, 0.29) is 23.5 Å². The second-order valence-electron chi connectivity index (χ2n) is 9.78. The van der Waals surface area contributed by atoms with Gasteiger partial charge in [-0.1, -0.05) is 37.3 Å². The van der Waals surface area contributed by atoms with Crippen LogP contribution in [0, 0.1) is 11.8 Å². The Labute approximate surface area is 187 Å². The number of carbonyl (C=O) groups is 1. The molecule has 2 atom stereocenters. The molecule has 7 heteroatoms. The molecule has 4 rings (SSSR count). The first-order valence-electron chi connectivity index (χ1n) is 11.9. The lowest BCUT2D eigenvalue weighted by molar-refractivity contribution is -0.139. The molecule has 0 aromatic heterocycles. The summed E-state index contributed by atoms with van der Waals surface area (Å²) in [5, 5.41) is 0. The van der Waals surface area contributed by atoms with E-state index in [1.165, 1.54) is 32.4 Å². The third-order valence-electron chi connectivity index (χ3n) is 7.32. The highest BCUT2D eigenvalue weighted by Gasteiger charge is 2.36. The lowest BCUT2D eigenvalue weighted by Crippen LogP contribution is -2.51. The maximum absolute atomic E-state index is 13.8. The van der Waals surface area contributed by atoms with Crippen LogP contribution in [0.1, 0.15) is 44.2 Å². The molecule has 0 saturated carbocycles. The first kappa shape index (κ1) is 22.7. The SMILES string of the molecule is CC1CCN(CC2CCCN(C(=O)C(c3ccccc3)N3CCS(=O)(=O)CC3)C2)CC1. The van der Waals surface area contributed by atoms with Gasteiger partial charge < -0.3 is 9.80 Å². The fourth-order valence-electron chi connectivity index (χ4n) is 5.33. The Morgan fingerprint density at radius 1 is 1.00 bits per heavy atom. The van der Waals surface area contributed by atoms with Crippen LogP contribution < -0.4 is 0 Å². The summed E-state index contributed by atoms with van der Waals surface area (Å²) >= 11 is 0. The van der Waals surface area contributed by atoms with Gasteiger partial charge in [0, 0.05) is 32.7 Å². The Balaban J connectivity index is 1.44. The van der Waals surface area contributed by atoms with Crippen molar-refractivity contribution in [3.05, 3.63) is 35.9 Å². The molecule has 1 amide bonds. The first-order chi connectivity index (χ1) is 14.9. The molecule has 6 nitrogen and oxygen atoms in total. The molecule has 2 unspecified atom stereocenters. The molecule has 0 spiro atoms. The number of sulfone groups is 1. The number of benzene rings is 1. The second kappa shape index (κ2) is 10.0. The zero-order chi connectivity index (χ0) is 21.8. The smallest absolute Gasteiger partial charge is 0.244 e. The Kier molecular flexibility index (Phi) is 7.34. The molecule has 3 aliphatic heterocycles. The van der Waals surface area contributed by atoms with Crippen LogP contribution in [0.2, 0.25) is 0 Å². The summed E-state index contributed by atoms with van der Waals surface area (Å²) < 4.78 is 23.9. The average molecular weight is 448 g/mol. The fraction of sp³-hybridized carbons (Fsp3) is 0.708. The van der Waals surface area contributed by atoms with E-state index in [1.807, 2.05) is 30.3 Å². The van der Waals surface area contributed by atoms with Crippen LogP contribution in [0.25, 0.3) is 0 Å². The minimum Gasteiger partial charge on any atom is -0.341 e. The molecule has 1 aromatic carbocycles. The molecule has 0 bridgehead atoms. The van der Waals surface area contributed by atoms with Crippen LogP contribution >= 0.6 is 0 Å². The van der Waals surface area contributed by atoms with Crippen LogP contribution in [0.5, 0.6) is 0 Å². The normalized spacial score (nSPS) is 27.1. The van der Waals surface area contributed by atoms with E-state index in [2.05, 4.69) is 21.6 Å². The van der Waals surface area contributed by atoms with Crippen molar-refractivity contribution in [1.82, 2.24) is 14.7 Å². The third kappa shape index (κ3) is 5.88. The quantitative estimate of drug-likeness (QED) is 0.694. The third-order valence-corrected chi connectivity index (χ3v) is 8.93. The summed E-state index contributed by atoms with van der Waals surface area (Å²) in [5.74, 6) is 1.78. The number of carbonyl (C=O) groups excluding carboxylic acids is 1. The van der Waals surface area contributed by atoms with Gasteiger partial charge in [-0.15, -0.1) is 0 Å². The van der Waals surface area contributed by atoms with Gasteiger partial charge in [0.05, 0.1) is 11.5 Å². The van der Waals surface area contributed by atoms with Crippen molar-refractivity contribution >= 4 is 15.7 Å². The standard InChI is InChI=1S/C24H37N3O3S/c1-20-9-12-25(13-10-20)18-21-6-5-11-27(19-21)24(28)23(22-7-3-2-4-8-22)26-14-16-31(29,30)17-15-26/h2-4,7-8,20-21,23H,5-6,9-19H2,1H3. The zero-order valence-electron chi connectivity index (χ0n) is 18.8. The fourth-order valence-corrected chi connectivity index (χ4v) is 6.56. The maximum atomic E-state index is 13.8. The number of nitrogens with zero attached hydrogens (tertiary/aromatic N) is 3. The van der Waals surface area contributed by atoms with Gasteiger partial charge in [-0.05, 0) is 56.2 Å². The largest absolute Gasteiger partial charge is 0.341 e. The van der Waals surface area contributed by atoms with Crippen LogP contribution in [0.15, 0.2) is 30.3 Å². The summed E-state index contributed by atoms with van der Waals surface area (Å²) in [6, 6.07) is 9.51. The van der Waals surface area contributed by atoms with E-state index in [9.17, 15) is 13.2 Å². The summed E-state index contributed by atoms with van der Waals surface area (Å²) in [4.78, 5) is 20.5. The lowest BCUT2D eigenvalue weighted by Gasteiger charge is -2.41. The first-order valence-corrected chi connectivity index (χ1v) is 13.7. The van der Waals surface area contributed by atoms with Crippen LogP contribution in [0.4, 0.5) is 0 Å². The van der Waals surface area contributed by atoms with Crippen molar-refractivity contribution < 1.29 is 13.2 Å². The number of piperidine rings is 2. The molecule has 172 valence electrons. The summed E-state index contributed by atoms with van der Waals surface area (Å²) in [6.45, 7) is 8.28. The number of rotatable bonds is 5. The van der Waals surface area contributed by atoms with Gasteiger partial charge in [-0.25, -0.2) is 8.42 Å². The van der Waals surface area contributed by atoms with Crippen molar-refractivity contribution in [2.75, 3.05) is 57.3 Å². The Morgan fingerprint density at radius 3 is 2.35 bits per heavy atom. The lowest BCUT2D eigenvalue weighted by atomic mass is 9.93. The molecule has 3 fully saturated rings. The predicted octanol–water partition coefficient (Wildman–Crippen LogP) is 2.43. The van der Waals surface area contributed by atoms with E-state index in [1.54, 1.807) is 0 Å². The van der Waals surface area contributed by atoms with Gasteiger partial charge in [0.2, 0.25) is 5.91 Å². The van der Waals surface area contributed by atoms with Gasteiger partial charge in [-0.2, -0.15) is 0 Å². The van der Waals surface area contributed by atoms with Gasteiger partial charge in [0.15, 0.2) is 9.84 Å². The molecule has 1 aromatic rings. The van der Waals surface area contributed by atoms with Crippen molar-refractivity contribution in [3.63, 3.8) is 0 Å². The van der Waals surface area contributed by atoms with Gasteiger partial charge >= 0.3 is 0 Å². The molecule has 0 aliphatic carbocycles. The maximum Gasteiger partial charge on any atom is 0.244 e. The van der Waals surface area contributed by atoms with Gasteiger partial charge in [0.25, 0.3) is 0 Å². The van der Waals surface area contributed by atoms with Crippen molar-refractivity contribution in [2.45, 2.75) is 38.6 Å². The Morgan fingerprint density at radius 2 is 1.68 bits per heavy atom. The number of amides is 1.